The molecule has 134 valence electrons. The van der Waals surface area contributed by atoms with E-state index in [0.717, 1.165) is 29.1 Å². The van der Waals surface area contributed by atoms with Crippen molar-refractivity contribution in [3.63, 3.8) is 0 Å². The van der Waals surface area contributed by atoms with Gasteiger partial charge in [-0.15, -0.1) is 0 Å². The fraction of sp³-hybridized carbons (Fsp3) is 0.304. The summed E-state index contributed by atoms with van der Waals surface area (Å²) < 4.78 is 2.08. The van der Waals surface area contributed by atoms with Gasteiger partial charge in [-0.05, 0) is 24.5 Å². The zero-order chi connectivity index (χ0) is 18.8. The van der Waals surface area contributed by atoms with E-state index in [4.69, 9.17) is 4.98 Å². The van der Waals surface area contributed by atoms with Gasteiger partial charge in [0, 0.05) is 23.6 Å². The molecule has 0 aliphatic heterocycles. The van der Waals surface area contributed by atoms with Crippen LogP contribution in [-0.4, -0.2) is 15.3 Å². The van der Waals surface area contributed by atoms with Crippen LogP contribution in [-0.2, 0) is 6.54 Å². The zero-order valence-corrected chi connectivity index (χ0v) is 16.0. The van der Waals surface area contributed by atoms with Crippen molar-refractivity contribution in [1.29, 1.82) is 0 Å². The van der Waals surface area contributed by atoms with Gasteiger partial charge >= 0.3 is 0 Å². The van der Waals surface area contributed by atoms with Crippen LogP contribution in [0, 0.1) is 0 Å². The van der Waals surface area contributed by atoms with Crippen LogP contribution in [0.25, 0.3) is 16.8 Å². The Morgan fingerprint density at radius 1 is 1.27 bits per heavy atom. The lowest BCUT2D eigenvalue weighted by molar-refractivity contribution is 0.104. The number of hydrogen-bond donors (Lipinski definition) is 0. The zero-order valence-electron chi connectivity index (χ0n) is 16.0. The third-order valence-electron chi connectivity index (χ3n) is 4.79. The quantitative estimate of drug-likeness (QED) is 0.507. The maximum absolute atomic E-state index is 13.1. The lowest BCUT2D eigenvalue weighted by Gasteiger charge is -2.19. The monoisotopic (exact) mass is 346 g/mol. The molecule has 1 aliphatic carbocycles. The van der Waals surface area contributed by atoms with E-state index < -0.39 is 0 Å². The first kappa shape index (κ1) is 18.1. The van der Waals surface area contributed by atoms with E-state index in [1.807, 2.05) is 31.2 Å². The number of carbonyl (C=O) groups is 1. The summed E-state index contributed by atoms with van der Waals surface area (Å²) >= 11 is 0. The van der Waals surface area contributed by atoms with Gasteiger partial charge in [-0.2, -0.15) is 0 Å². The molecule has 1 aliphatic rings. The van der Waals surface area contributed by atoms with Gasteiger partial charge < -0.3 is 4.57 Å². The Morgan fingerprint density at radius 3 is 2.58 bits per heavy atom. The SMILES string of the molecule is C=C1C(=O)c2c(nc(C(C)C)n2CC(/C=C\CC)=C/C)-c2ccccc21. The molecule has 3 rings (SSSR count). The highest BCUT2D eigenvalue weighted by Gasteiger charge is 2.32. The van der Waals surface area contributed by atoms with Crippen molar-refractivity contribution in [1.82, 2.24) is 9.55 Å². The normalized spacial score (nSPS) is 14.3. The molecular formula is C23H26N2O. The molecule has 0 saturated carbocycles. The predicted molar refractivity (Wildman–Crippen MR) is 108 cm³/mol. The van der Waals surface area contributed by atoms with Gasteiger partial charge in [0.2, 0.25) is 5.78 Å². The standard InChI is InChI=1S/C23H26N2O/c1-6-8-11-17(7-2)14-25-21-20(24-23(25)15(3)4)19-13-10-9-12-18(19)16(5)22(21)26/h7-13,15H,5-6,14H2,1-4H3/b11-8-,17-7+. The first-order chi connectivity index (χ1) is 12.5. The van der Waals surface area contributed by atoms with E-state index >= 15 is 0 Å². The molecule has 0 N–H and O–H groups in total. The van der Waals surface area contributed by atoms with Crippen molar-refractivity contribution in [2.75, 3.05) is 0 Å². The molecule has 0 unspecified atom stereocenters. The summed E-state index contributed by atoms with van der Waals surface area (Å²) in [7, 11) is 0. The van der Waals surface area contributed by atoms with Crippen LogP contribution in [0.4, 0.5) is 0 Å². The molecule has 2 aromatic rings. The van der Waals surface area contributed by atoms with E-state index in [0.29, 0.717) is 17.8 Å². The average molecular weight is 346 g/mol. The summed E-state index contributed by atoms with van der Waals surface area (Å²) in [6.07, 6.45) is 7.36. The molecule has 0 fully saturated rings. The first-order valence-corrected chi connectivity index (χ1v) is 9.25. The highest BCUT2D eigenvalue weighted by Crippen LogP contribution is 2.39. The highest BCUT2D eigenvalue weighted by atomic mass is 16.1. The first-order valence-electron chi connectivity index (χ1n) is 9.25. The second-order valence-electron chi connectivity index (χ2n) is 6.94. The number of hydrogen-bond acceptors (Lipinski definition) is 2. The van der Waals surface area contributed by atoms with E-state index in [9.17, 15) is 4.79 Å². The number of Topliss-reactive ketones (excluding diaryl/α,β-unsaturated/α-hetero) is 1. The Labute approximate surface area is 155 Å². The van der Waals surface area contributed by atoms with Gasteiger partial charge in [0.15, 0.2) is 0 Å². The van der Waals surface area contributed by atoms with Crippen LogP contribution in [0.3, 0.4) is 0 Å². The third-order valence-corrected chi connectivity index (χ3v) is 4.79. The number of nitrogens with zero attached hydrogens (tertiary/aromatic N) is 2. The number of benzene rings is 1. The van der Waals surface area contributed by atoms with Gasteiger partial charge in [0.25, 0.3) is 0 Å². The Kier molecular flexibility index (Phi) is 5.08. The van der Waals surface area contributed by atoms with Crippen LogP contribution in [0.15, 0.2) is 54.6 Å². The van der Waals surface area contributed by atoms with Crippen LogP contribution in [0.1, 0.15) is 61.9 Å². The Balaban J connectivity index is 2.21. The van der Waals surface area contributed by atoms with Crippen molar-refractivity contribution in [3.8, 4) is 11.3 Å². The molecule has 1 heterocycles. The molecule has 1 aromatic carbocycles. The van der Waals surface area contributed by atoms with Crippen molar-refractivity contribution in [2.24, 2.45) is 0 Å². The van der Waals surface area contributed by atoms with Crippen LogP contribution in [0.5, 0.6) is 0 Å². The van der Waals surface area contributed by atoms with E-state index in [2.05, 4.69) is 50.1 Å². The predicted octanol–water partition coefficient (Wildman–Crippen LogP) is 5.80. The smallest absolute Gasteiger partial charge is 0.211 e. The van der Waals surface area contributed by atoms with Gasteiger partial charge in [-0.3, -0.25) is 4.79 Å². The Morgan fingerprint density at radius 2 is 1.96 bits per heavy atom. The topological polar surface area (TPSA) is 34.9 Å². The highest BCUT2D eigenvalue weighted by molar-refractivity contribution is 6.33. The van der Waals surface area contributed by atoms with Crippen molar-refractivity contribution >= 4 is 11.4 Å². The molecule has 1 aromatic heterocycles. The van der Waals surface area contributed by atoms with Gasteiger partial charge in [0.1, 0.15) is 17.2 Å². The molecule has 3 nitrogen and oxygen atoms in total. The van der Waals surface area contributed by atoms with Crippen LogP contribution in [0.2, 0.25) is 0 Å². The molecular weight excluding hydrogens is 320 g/mol. The number of aromatic nitrogens is 2. The Bertz CT molecular complexity index is 926. The van der Waals surface area contributed by atoms with Crippen LogP contribution < -0.4 is 0 Å². The molecule has 0 saturated heterocycles. The lowest BCUT2D eigenvalue weighted by Crippen LogP contribution is -2.17. The molecule has 26 heavy (non-hydrogen) atoms. The summed E-state index contributed by atoms with van der Waals surface area (Å²) in [5.41, 5.74) is 5.07. The average Bonchev–Trinajstić information content (AvgIpc) is 3.03. The van der Waals surface area contributed by atoms with Crippen molar-refractivity contribution < 1.29 is 4.79 Å². The molecule has 0 amide bonds. The second-order valence-corrected chi connectivity index (χ2v) is 6.94. The fourth-order valence-electron chi connectivity index (χ4n) is 3.40. The number of allylic oxidation sites excluding steroid dienone is 5. The van der Waals surface area contributed by atoms with E-state index in [-0.39, 0.29) is 11.7 Å². The largest absolute Gasteiger partial charge is 0.320 e. The second kappa shape index (κ2) is 7.28. The minimum atomic E-state index is -0.0203. The minimum Gasteiger partial charge on any atom is -0.320 e. The maximum atomic E-state index is 13.1. The number of imidazole rings is 1. The summed E-state index contributed by atoms with van der Waals surface area (Å²) in [5.74, 6) is 1.15. The summed E-state index contributed by atoms with van der Waals surface area (Å²) in [6.45, 7) is 13.1. The van der Waals surface area contributed by atoms with Crippen molar-refractivity contribution in [2.45, 2.75) is 46.6 Å². The number of fused-ring (bicyclic) bond motifs is 3. The fourth-order valence-corrected chi connectivity index (χ4v) is 3.40. The molecule has 0 atom stereocenters. The molecule has 0 bridgehead atoms. The van der Waals surface area contributed by atoms with E-state index in [1.54, 1.807) is 0 Å². The van der Waals surface area contributed by atoms with Crippen molar-refractivity contribution in [3.05, 3.63) is 71.7 Å². The number of rotatable bonds is 5. The molecule has 3 heteroatoms. The number of ketones is 1. The summed E-state index contributed by atoms with van der Waals surface area (Å²) in [6, 6.07) is 7.91. The molecule has 0 spiro atoms. The summed E-state index contributed by atoms with van der Waals surface area (Å²) in [5, 5.41) is 0. The van der Waals surface area contributed by atoms with Gasteiger partial charge in [0.05, 0.1) is 0 Å². The minimum absolute atomic E-state index is 0.0203. The number of carbonyl (C=O) groups excluding carboxylic acids is 1. The Hall–Kier alpha value is -2.68. The molecule has 0 radical (unpaired) electrons. The maximum Gasteiger partial charge on any atom is 0.211 e. The van der Waals surface area contributed by atoms with Gasteiger partial charge in [-0.25, -0.2) is 4.98 Å². The third kappa shape index (κ3) is 2.98. The summed E-state index contributed by atoms with van der Waals surface area (Å²) in [4.78, 5) is 18.0. The van der Waals surface area contributed by atoms with Gasteiger partial charge in [-0.1, -0.05) is 69.8 Å². The van der Waals surface area contributed by atoms with Crippen LogP contribution >= 0.6 is 0 Å². The van der Waals surface area contributed by atoms with E-state index in [1.165, 1.54) is 5.57 Å². The lowest BCUT2D eigenvalue weighted by atomic mass is 9.88.